The molecule has 2 aliphatic carbocycles. The van der Waals surface area contributed by atoms with E-state index in [2.05, 4.69) is 22.0 Å². The van der Waals surface area contributed by atoms with E-state index in [0.29, 0.717) is 24.2 Å². The van der Waals surface area contributed by atoms with Crippen LogP contribution in [-0.4, -0.2) is 46.4 Å². The summed E-state index contributed by atoms with van der Waals surface area (Å²) in [7, 11) is 0. The number of Topliss-reactive ketones (excluding diaryl/α,β-unsaturated/α-hetero) is 1. The Hall–Kier alpha value is -1.79. The maximum atomic E-state index is 12.5. The number of ether oxygens (including phenoxy) is 1. The van der Waals surface area contributed by atoms with Gasteiger partial charge in [-0.3, -0.25) is 4.79 Å². The van der Waals surface area contributed by atoms with E-state index in [0.717, 1.165) is 54.0 Å². The first-order valence-electron chi connectivity index (χ1n) is 13.9. The smallest absolute Gasteiger partial charge is 0.213 e. The highest BCUT2D eigenvalue weighted by atomic mass is 32.1. The molecule has 3 aliphatic rings. The number of ketones is 1. The van der Waals surface area contributed by atoms with Crippen LogP contribution in [0.25, 0.3) is 0 Å². The zero-order chi connectivity index (χ0) is 24.0. The summed E-state index contributed by atoms with van der Waals surface area (Å²) in [6.07, 6.45) is 16.9. The molecule has 0 aromatic carbocycles. The van der Waals surface area contributed by atoms with E-state index >= 15 is 0 Å². The summed E-state index contributed by atoms with van der Waals surface area (Å²) in [6, 6.07) is 4.35. The quantitative estimate of drug-likeness (QED) is 0.429. The van der Waals surface area contributed by atoms with Crippen molar-refractivity contribution in [2.75, 3.05) is 19.6 Å². The zero-order valence-electron chi connectivity index (χ0n) is 21.3. The molecule has 6 heteroatoms. The third-order valence-electron chi connectivity index (χ3n) is 8.37. The minimum absolute atomic E-state index is 0.374. The second-order valence-electron chi connectivity index (χ2n) is 11.1. The van der Waals surface area contributed by atoms with E-state index in [1.807, 2.05) is 13.1 Å². The van der Waals surface area contributed by atoms with Crippen LogP contribution < -0.4 is 4.74 Å². The van der Waals surface area contributed by atoms with E-state index in [-0.39, 0.29) is 0 Å². The molecule has 2 fully saturated rings. The summed E-state index contributed by atoms with van der Waals surface area (Å²) < 4.78 is 6.15. The molecule has 3 heterocycles. The summed E-state index contributed by atoms with van der Waals surface area (Å²) >= 11 is 1.66. The van der Waals surface area contributed by atoms with Crippen LogP contribution in [0.5, 0.6) is 5.88 Å². The second kappa shape index (κ2) is 12.0. The van der Waals surface area contributed by atoms with Gasteiger partial charge in [-0.25, -0.2) is 9.97 Å². The van der Waals surface area contributed by atoms with Gasteiger partial charge in [0.1, 0.15) is 11.9 Å². The number of pyridine rings is 1. The van der Waals surface area contributed by atoms with Crippen molar-refractivity contribution in [3.8, 4) is 5.88 Å². The lowest BCUT2D eigenvalue weighted by Crippen LogP contribution is -2.29. The average molecular weight is 496 g/mol. The number of thiazole rings is 1. The Morgan fingerprint density at radius 1 is 1.06 bits per heavy atom. The molecule has 0 N–H and O–H groups in total. The summed E-state index contributed by atoms with van der Waals surface area (Å²) in [5, 5.41) is 1.05. The molecular weight excluding hydrogens is 454 g/mol. The monoisotopic (exact) mass is 495 g/mol. The lowest BCUT2D eigenvalue weighted by molar-refractivity contribution is -0.119. The summed E-state index contributed by atoms with van der Waals surface area (Å²) in [6.45, 7) is 5.44. The fourth-order valence-corrected chi connectivity index (χ4v) is 7.06. The summed E-state index contributed by atoms with van der Waals surface area (Å²) in [5.41, 5.74) is 2.66. The van der Waals surface area contributed by atoms with Crippen LogP contribution in [0.4, 0.5) is 0 Å². The minimum atomic E-state index is 0.374. The second-order valence-corrected chi connectivity index (χ2v) is 12.4. The van der Waals surface area contributed by atoms with Crippen LogP contribution in [0.1, 0.15) is 85.4 Å². The first kappa shape index (κ1) is 24.9. The maximum absolute atomic E-state index is 12.5. The highest BCUT2D eigenvalue weighted by Gasteiger charge is 2.25. The summed E-state index contributed by atoms with van der Waals surface area (Å²) in [4.78, 5) is 25.4. The number of hydrogen-bond donors (Lipinski definition) is 0. The molecule has 2 aromatic rings. The predicted octanol–water partition coefficient (Wildman–Crippen LogP) is 5.97. The first-order chi connectivity index (χ1) is 17.1. The van der Waals surface area contributed by atoms with Crippen molar-refractivity contribution >= 4 is 17.1 Å². The number of rotatable bonds is 9. The lowest BCUT2D eigenvalue weighted by atomic mass is 9.78. The van der Waals surface area contributed by atoms with Crippen molar-refractivity contribution in [2.45, 2.75) is 96.5 Å². The summed E-state index contributed by atoms with van der Waals surface area (Å²) in [5.74, 6) is 2.64. The molecule has 0 unspecified atom stereocenters. The van der Waals surface area contributed by atoms with Crippen molar-refractivity contribution in [1.82, 2.24) is 14.9 Å². The van der Waals surface area contributed by atoms with E-state index in [4.69, 9.17) is 9.72 Å². The van der Waals surface area contributed by atoms with Gasteiger partial charge in [0.15, 0.2) is 0 Å². The van der Waals surface area contributed by atoms with Gasteiger partial charge in [0.2, 0.25) is 5.88 Å². The first-order valence-corrected chi connectivity index (χ1v) is 14.7. The molecule has 1 aliphatic heterocycles. The Bertz CT molecular complexity index is 976. The number of fused-ring (bicyclic) bond motifs is 1. The van der Waals surface area contributed by atoms with Crippen molar-refractivity contribution in [3.63, 3.8) is 0 Å². The van der Waals surface area contributed by atoms with Crippen LogP contribution >= 0.6 is 11.3 Å². The van der Waals surface area contributed by atoms with E-state index in [1.165, 1.54) is 75.6 Å². The standard InChI is InChI=1S/C29H41N3O2S/c1-21-30-20-27(35-21)19-25(33)18-23-8-6-22(7-9-23)12-15-32-16-13-24-10-11-29(31-28(24)14-17-32)34-26-4-2-3-5-26/h10-11,20,22-23,26H,2-9,12-19H2,1H3. The maximum Gasteiger partial charge on any atom is 0.213 e. The number of aromatic nitrogens is 2. The Labute approximate surface area is 214 Å². The number of aryl methyl sites for hydroxylation is 1. The molecule has 190 valence electrons. The highest BCUT2D eigenvalue weighted by Crippen LogP contribution is 2.33. The normalized spacial score (nSPS) is 23.7. The van der Waals surface area contributed by atoms with Gasteiger partial charge in [0.25, 0.3) is 0 Å². The van der Waals surface area contributed by atoms with Gasteiger partial charge < -0.3 is 9.64 Å². The Kier molecular flexibility index (Phi) is 8.51. The Balaban J connectivity index is 1.01. The van der Waals surface area contributed by atoms with E-state index in [1.54, 1.807) is 11.3 Å². The van der Waals surface area contributed by atoms with Crippen molar-refractivity contribution in [1.29, 1.82) is 0 Å². The molecule has 0 atom stereocenters. The highest BCUT2D eigenvalue weighted by molar-refractivity contribution is 7.11. The number of nitrogens with zero attached hydrogens (tertiary/aromatic N) is 3. The van der Waals surface area contributed by atoms with Gasteiger partial charge in [-0.2, -0.15) is 0 Å². The van der Waals surface area contributed by atoms with Crippen LogP contribution in [0.3, 0.4) is 0 Å². The SMILES string of the molecule is Cc1ncc(CC(=O)CC2CCC(CCN3CCc4ccc(OC5CCCC5)nc4CC3)CC2)s1. The largest absolute Gasteiger partial charge is 0.474 e. The van der Waals surface area contributed by atoms with Gasteiger partial charge in [-0.05, 0) is 82.2 Å². The number of carbonyl (C=O) groups is 1. The third-order valence-corrected chi connectivity index (χ3v) is 9.28. The van der Waals surface area contributed by atoms with Crippen LogP contribution in [0, 0.1) is 18.8 Å². The number of hydrogen-bond acceptors (Lipinski definition) is 6. The van der Waals surface area contributed by atoms with E-state index < -0.39 is 0 Å². The van der Waals surface area contributed by atoms with Crippen molar-refractivity contribution in [3.05, 3.63) is 39.5 Å². The molecule has 0 bridgehead atoms. The van der Waals surface area contributed by atoms with Gasteiger partial charge >= 0.3 is 0 Å². The van der Waals surface area contributed by atoms with Gasteiger partial charge in [0.05, 0.1) is 5.01 Å². The molecule has 2 saturated carbocycles. The Morgan fingerprint density at radius 2 is 1.83 bits per heavy atom. The third kappa shape index (κ3) is 7.13. The van der Waals surface area contributed by atoms with Crippen molar-refractivity contribution < 1.29 is 9.53 Å². The van der Waals surface area contributed by atoms with Crippen LogP contribution in [-0.2, 0) is 24.1 Å². The topological polar surface area (TPSA) is 55.3 Å². The number of carbonyl (C=O) groups excluding carboxylic acids is 1. The molecule has 0 amide bonds. The van der Waals surface area contributed by atoms with Gasteiger partial charge in [0, 0.05) is 55.2 Å². The lowest BCUT2D eigenvalue weighted by Gasteiger charge is -2.30. The van der Waals surface area contributed by atoms with Crippen LogP contribution in [0.2, 0.25) is 0 Å². The minimum Gasteiger partial charge on any atom is -0.474 e. The molecule has 5 rings (SSSR count). The molecule has 0 radical (unpaired) electrons. The van der Waals surface area contributed by atoms with Gasteiger partial charge in [-0.1, -0.05) is 18.9 Å². The zero-order valence-corrected chi connectivity index (χ0v) is 22.2. The van der Waals surface area contributed by atoms with Crippen molar-refractivity contribution in [2.24, 2.45) is 11.8 Å². The average Bonchev–Trinajstić information content (AvgIpc) is 3.46. The molecule has 0 saturated heterocycles. The predicted molar refractivity (Wildman–Crippen MR) is 141 cm³/mol. The molecular formula is C29H41N3O2S. The Morgan fingerprint density at radius 3 is 2.60 bits per heavy atom. The molecule has 35 heavy (non-hydrogen) atoms. The van der Waals surface area contributed by atoms with E-state index in [9.17, 15) is 4.79 Å². The molecule has 0 spiro atoms. The van der Waals surface area contributed by atoms with Gasteiger partial charge in [-0.15, -0.1) is 11.3 Å². The fraction of sp³-hybridized carbons (Fsp3) is 0.690. The van der Waals surface area contributed by atoms with Crippen LogP contribution in [0.15, 0.2) is 18.3 Å². The molecule has 2 aromatic heterocycles. The fourth-order valence-electron chi connectivity index (χ4n) is 6.24. The molecule has 5 nitrogen and oxygen atoms in total.